The van der Waals surface area contributed by atoms with Crippen LogP contribution < -0.4 is 0 Å². The van der Waals surface area contributed by atoms with Gasteiger partial charge in [0, 0.05) is 6.08 Å². The second-order valence-electron chi connectivity index (χ2n) is 4.69. The molecule has 1 aromatic carbocycles. The third-order valence-corrected chi connectivity index (χ3v) is 2.54. The van der Waals surface area contributed by atoms with Crippen LogP contribution in [0.3, 0.4) is 0 Å². The highest BCUT2D eigenvalue weighted by Crippen LogP contribution is 2.11. The summed E-state index contributed by atoms with van der Waals surface area (Å²) >= 11 is -2.02. The van der Waals surface area contributed by atoms with Crippen LogP contribution in [0.15, 0.2) is 35.2 Å². The molecule has 18 heavy (non-hydrogen) atoms. The minimum absolute atomic E-state index is 0.293. The summed E-state index contributed by atoms with van der Waals surface area (Å²) in [5.41, 5.74) is 0.135. The van der Waals surface area contributed by atoms with Crippen molar-refractivity contribution in [3.8, 4) is 0 Å². The lowest BCUT2D eigenvalue weighted by Gasteiger charge is -2.17. The van der Waals surface area contributed by atoms with Gasteiger partial charge < -0.3 is 9.29 Å². The Hall–Kier alpha value is -1.46. The van der Waals surface area contributed by atoms with Crippen LogP contribution in [0.1, 0.15) is 26.3 Å². The Morgan fingerprint density at radius 3 is 2.61 bits per heavy atom. The highest BCUT2D eigenvalue weighted by atomic mass is 32.2. The standard InChI is InChI=1S/C13H16O4S/c1-13(2,3)17-12(14)8-7-10-5-4-6-11(9-10)18(15)16/h4-9H,1-3H3,(H,15,16)/b8-7+. The van der Waals surface area contributed by atoms with Crippen molar-refractivity contribution in [3.05, 3.63) is 35.9 Å². The number of hydrogen-bond acceptors (Lipinski definition) is 3. The second-order valence-corrected chi connectivity index (χ2v) is 5.66. The number of esters is 1. The van der Waals surface area contributed by atoms with Gasteiger partial charge in [0.25, 0.3) is 0 Å². The van der Waals surface area contributed by atoms with Gasteiger partial charge in [-0.05, 0) is 44.5 Å². The van der Waals surface area contributed by atoms with Crippen molar-refractivity contribution in [1.82, 2.24) is 0 Å². The van der Waals surface area contributed by atoms with E-state index in [9.17, 15) is 9.00 Å². The molecule has 1 unspecified atom stereocenters. The molecule has 1 N–H and O–H groups in total. The highest BCUT2D eigenvalue weighted by Gasteiger charge is 2.13. The van der Waals surface area contributed by atoms with Crippen LogP contribution in [0.25, 0.3) is 6.08 Å². The van der Waals surface area contributed by atoms with Gasteiger partial charge in [-0.25, -0.2) is 9.00 Å². The van der Waals surface area contributed by atoms with Gasteiger partial charge in [0.2, 0.25) is 0 Å². The van der Waals surface area contributed by atoms with Gasteiger partial charge in [-0.15, -0.1) is 0 Å². The maximum Gasteiger partial charge on any atom is 0.331 e. The Morgan fingerprint density at radius 2 is 2.06 bits per heavy atom. The Morgan fingerprint density at radius 1 is 1.39 bits per heavy atom. The van der Waals surface area contributed by atoms with Crippen molar-refractivity contribution in [3.63, 3.8) is 0 Å². The molecule has 1 rings (SSSR count). The molecule has 1 aromatic rings. The largest absolute Gasteiger partial charge is 0.457 e. The van der Waals surface area contributed by atoms with E-state index >= 15 is 0 Å². The van der Waals surface area contributed by atoms with E-state index in [1.807, 2.05) is 0 Å². The first-order valence-electron chi connectivity index (χ1n) is 5.40. The average Bonchev–Trinajstić information content (AvgIpc) is 2.24. The number of benzene rings is 1. The topological polar surface area (TPSA) is 63.6 Å². The first-order valence-corrected chi connectivity index (χ1v) is 6.50. The van der Waals surface area contributed by atoms with E-state index in [4.69, 9.17) is 9.29 Å². The first-order chi connectivity index (χ1) is 8.28. The van der Waals surface area contributed by atoms with Gasteiger partial charge in [0.1, 0.15) is 5.60 Å². The SMILES string of the molecule is CC(C)(C)OC(=O)/C=C/c1cccc(S(=O)O)c1. The summed E-state index contributed by atoms with van der Waals surface area (Å²) < 4.78 is 24.9. The fraction of sp³-hybridized carbons (Fsp3) is 0.308. The van der Waals surface area contributed by atoms with Crippen LogP contribution in [0.5, 0.6) is 0 Å². The van der Waals surface area contributed by atoms with Gasteiger partial charge >= 0.3 is 5.97 Å². The van der Waals surface area contributed by atoms with Crippen molar-refractivity contribution in [1.29, 1.82) is 0 Å². The van der Waals surface area contributed by atoms with E-state index in [0.29, 0.717) is 10.5 Å². The van der Waals surface area contributed by atoms with E-state index in [1.165, 1.54) is 12.1 Å². The predicted molar refractivity (Wildman–Crippen MR) is 70.4 cm³/mol. The minimum atomic E-state index is -2.02. The van der Waals surface area contributed by atoms with Crippen molar-refractivity contribution in [2.75, 3.05) is 0 Å². The summed E-state index contributed by atoms with van der Waals surface area (Å²) in [5, 5.41) is 0. The molecular formula is C13H16O4S. The molecule has 5 heteroatoms. The maximum atomic E-state index is 11.4. The lowest BCUT2D eigenvalue weighted by Crippen LogP contribution is -2.22. The Labute approximate surface area is 109 Å². The first kappa shape index (κ1) is 14.6. The number of hydrogen-bond donors (Lipinski definition) is 1. The van der Waals surface area contributed by atoms with Crippen molar-refractivity contribution < 1.29 is 18.3 Å². The van der Waals surface area contributed by atoms with E-state index < -0.39 is 22.7 Å². The minimum Gasteiger partial charge on any atom is -0.457 e. The molecule has 0 aromatic heterocycles. The zero-order valence-electron chi connectivity index (χ0n) is 10.5. The predicted octanol–water partition coefficient (Wildman–Crippen LogP) is 2.62. The highest BCUT2D eigenvalue weighted by molar-refractivity contribution is 7.79. The molecule has 98 valence electrons. The lowest BCUT2D eigenvalue weighted by atomic mass is 10.2. The van der Waals surface area contributed by atoms with Gasteiger partial charge in [-0.2, -0.15) is 0 Å². The normalized spacial score (nSPS) is 13.6. The smallest absolute Gasteiger partial charge is 0.331 e. The molecule has 0 saturated heterocycles. The molecule has 0 heterocycles. The lowest BCUT2D eigenvalue weighted by molar-refractivity contribution is -0.148. The number of rotatable bonds is 3. The van der Waals surface area contributed by atoms with Crippen molar-refractivity contribution in [2.45, 2.75) is 31.3 Å². The van der Waals surface area contributed by atoms with Crippen LogP contribution >= 0.6 is 0 Å². The summed E-state index contributed by atoms with van der Waals surface area (Å²) in [5.74, 6) is -0.446. The molecular weight excluding hydrogens is 252 g/mol. The Balaban J connectivity index is 2.76. The molecule has 1 atom stereocenters. The number of carbonyl (C=O) groups excluding carboxylic acids is 1. The summed E-state index contributed by atoms with van der Waals surface area (Å²) in [6.45, 7) is 5.36. The summed E-state index contributed by atoms with van der Waals surface area (Å²) in [4.78, 5) is 11.7. The number of carbonyl (C=O) groups is 1. The fourth-order valence-corrected chi connectivity index (χ4v) is 1.66. The molecule has 0 aliphatic carbocycles. The summed E-state index contributed by atoms with van der Waals surface area (Å²) in [7, 11) is 0. The van der Waals surface area contributed by atoms with Crippen LogP contribution in [0.2, 0.25) is 0 Å². The quantitative estimate of drug-likeness (QED) is 0.520. The van der Waals surface area contributed by atoms with Crippen LogP contribution in [0, 0.1) is 0 Å². The van der Waals surface area contributed by atoms with Crippen LogP contribution in [0.4, 0.5) is 0 Å². The van der Waals surface area contributed by atoms with Crippen LogP contribution in [-0.2, 0) is 20.6 Å². The Bertz CT molecular complexity index is 486. The zero-order valence-corrected chi connectivity index (χ0v) is 11.4. The molecule has 0 aliphatic heterocycles. The molecule has 0 radical (unpaired) electrons. The molecule has 0 amide bonds. The third kappa shape index (κ3) is 5.25. The van der Waals surface area contributed by atoms with Crippen LogP contribution in [-0.4, -0.2) is 20.3 Å². The monoisotopic (exact) mass is 268 g/mol. The Kier molecular flexibility index (Phi) is 4.81. The molecule has 4 nitrogen and oxygen atoms in total. The van der Waals surface area contributed by atoms with Crippen molar-refractivity contribution >= 4 is 23.1 Å². The molecule has 0 aliphatic rings. The summed E-state index contributed by atoms with van der Waals surface area (Å²) in [6.07, 6.45) is 2.84. The second kappa shape index (κ2) is 5.93. The molecule has 0 fully saturated rings. The average molecular weight is 268 g/mol. The van der Waals surface area contributed by atoms with E-state index in [0.717, 1.165) is 0 Å². The van der Waals surface area contributed by atoms with E-state index in [-0.39, 0.29) is 0 Å². The molecule has 0 spiro atoms. The zero-order chi connectivity index (χ0) is 13.8. The van der Waals surface area contributed by atoms with E-state index in [1.54, 1.807) is 45.0 Å². The number of ether oxygens (including phenoxy) is 1. The summed E-state index contributed by atoms with van der Waals surface area (Å²) in [6, 6.07) is 6.47. The van der Waals surface area contributed by atoms with Gasteiger partial charge in [0.15, 0.2) is 11.1 Å². The third-order valence-electron chi connectivity index (χ3n) is 1.88. The molecule has 0 bridgehead atoms. The maximum absolute atomic E-state index is 11.4. The van der Waals surface area contributed by atoms with Gasteiger partial charge in [-0.3, -0.25) is 0 Å². The molecule has 0 saturated carbocycles. The van der Waals surface area contributed by atoms with Gasteiger partial charge in [0.05, 0.1) is 4.90 Å². The van der Waals surface area contributed by atoms with Gasteiger partial charge in [-0.1, -0.05) is 12.1 Å². The van der Waals surface area contributed by atoms with E-state index in [2.05, 4.69) is 0 Å². The fourth-order valence-electron chi connectivity index (χ4n) is 1.23. The van der Waals surface area contributed by atoms with Crippen molar-refractivity contribution in [2.24, 2.45) is 0 Å².